The van der Waals surface area contributed by atoms with E-state index < -0.39 is 0 Å². The van der Waals surface area contributed by atoms with Crippen LogP contribution in [-0.2, 0) is 6.54 Å². The fourth-order valence-electron chi connectivity index (χ4n) is 1.74. The molecule has 1 unspecified atom stereocenters. The highest BCUT2D eigenvalue weighted by Gasteiger charge is 2.11. The zero-order valence-corrected chi connectivity index (χ0v) is 11.0. The number of nitrogens with zero attached hydrogens (tertiary/aromatic N) is 1. The van der Waals surface area contributed by atoms with Crippen molar-refractivity contribution >= 4 is 5.84 Å². The van der Waals surface area contributed by atoms with Gasteiger partial charge >= 0.3 is 0 Å². The number of nitrogens with two attached hydrogens (primary N) is 1. The average molecular weight is 233 g/mol. The van der Waals surface area contributed by atoms with Crippen molar-refractivity contribution in [1.82, 2.24) is 4.90 Å². The lowest BCUT2D eigenvalue weighted by Gasteiger charge is -2.23. The lowest BCUT2D eigenvalue weighted by Crippen LogP contribution is -2.34. The number of hydrogen-bond donors (Lipinski definition) is 2. The summed E-state index contributed by atoms with van der Waals surface area (Å²) >= 11 is 0. The monoisotopic (exact) mass is 233 g/mol. The first-order valence-corrected chi connectivity index (χ1v) is 6.14. The molecule has 1 atom stereocenters. The van der Waals surface area contributed by atoms with E-state index in [4.69, 9.17) is 11.1 Å². The van der Waals surface area contributed by atoms with Crippen LogP contribution < -0.4 is 5.73 Å². The number of amidine groups is 1. The molecule has 0 saturated heterocycles. The summed E-state index contributed by atoms with van der Waals surface area (Å²) in [6.07, 6.45) is 0. The molecule has 94 valence electrons. The van der Waals surface area contributed by atoms with Crippen molar-refractivity contribution < 1.29 is 0 Å². The van der Waals surface area contributed by atoms with E-state index in [0.29, 0.717) is 0 Å². The average Bonchev–Trinajstić information content (AvgIpc) is 2.30. The highest BCUT2D eigenvalue weighted by Crippen LogP contribution is 2.08. The highest BCUT2D eigenvalue weighted by atomic mass is 15.1. The van der Waals surface area contributed by atoms with Crippen LogP contribution in [0, 0.1) is 18.3 Å². The molecular weight excluding hydrogens is 210 g/mol. The zero-order chi connectivity index (χ0) is 12.8. The number of rotatable bonds is 6. The summed E-state index contributed by atoms with van der Waals surface area (Å²) in [5, 5.41) is 7.43. The molecule has 0 heterocycles. The van der Waals surface area contributed by atoms with Gasteiger partial charge in [-0.15, -0.1) is 0 Å². The fraction of sp³-hybridized carbons (Fsp3) is 0.500. The van der Waals surface area contributed by atoms with E-state index in [2.05, 4.69) is 43.0 Å². The van der Waals surface area contributed by atoms with E-state index in [0.717, 1.165) is 19.6 Å². The Balaban J connectivity index is 2.57. The number of aryl methyl sites for hydroxylation is 1. The lowest BCUT2D eigenvalue weighted by molar-refractivity contribution is 0.263. The number of benzene rings is 1. The zero-order valence-electron chi connectivity index (χ0n) is 11.0. The molecule has 0 spiro atoms. The molecule has 1 rings (SSSR count). The molecule has 0 aliphatic carbocycles. The minimum atomic E-state index is 0.125. The first-order chi connectivity index (χ1) is 8.02. The van der Waals surface area contributed by atoms with Crippen molar-refractivity contribution in [3.05, 3.63) is 35.4 Å². The van der Waals surface area contributed by atoms with Crippen molar-refractivity contribution in [2.45, 2.75) is 27.3 Å². The van der Waals surface area contributed by atoms with Crippen molar-refractivity contribution in [1.29, 1.82) is 5.41 Å². The van der Waals surface area contributed by atoms with Crippen LogP contribution in [-0.4, -0.2) is 23.8 Å². The SMILES string of the molecule is CCN(Cc1ccc(C)cc1)CC(C)C(=N)N. The molecule has 0 aliphatic rings. The van der Waals surface area contributed by atoms with Gasteiger partial charge in [-0.05, 0) is 19.0 Å². The van der Waals surface area contributed by atoms with Crippen LogP contribution in [0.2, 0.25) is 0 Å². The third-order valence-electron chi connectivity index (χ3n) is 3.04. The van der Waals surface area contributed by atoms with E-state index >= 15 is 0 Å². The minimum absolute atomic E-state index is 0.125. The van der Waals surface area contributed by atoms with Crippen molar-refractivity contribution in [3.63, 3.8) is 0 Å². The molecule has 3 nitrogen and oxygen atoms in total. The maximum Gasteiger partial charge on any atom is 0.0947 e. The molecule has 0 fully saturated rings. The molecule has 0 amide bonds. The Morgan fingerprint density at radius 2 is 1.94 bits per heavy atom. The Kier molecular flexibility index (Phi) is 5.16. The summed E-state index contributed by atoms with van der Waals surface area (Å²) in [7, 11) is 0. The molecule has 1 aromatic carbocycles. The van der Waals surface area contributed by atoms with Crippen LogP contribution >= 0.6 is 0 Å². The predicted molar refractivity (Wildman–Crippen MR) is 73.2 cm³/mol. The van der Waals surface area contributed by atoms with Crippen LogP contribution in [0.4, 0.5) is 0 Å². The summed E-state index contributed by atoms with van der Waals surface area (Å²) in [5.74, 6) is 0.396. The molecular formula is C14H23N3. The van der Waals surface area contributed by atoms with E-state index in [1.165, 1.54) is 11.1 Å². The van der Waals surface area contributed by atoms with E-state index in [1.54, 1.807) is 0 Å². The Morgan fingerprint density at radius 3 is 2.41 bits per heavy atom. The lowest BCUT2D eigenvalue weighted by atomic mass is 10.1. The van der Waals surface area contributed by atoms with E-state index in [9.17, 15) is 0 Å². The third kappa shape index (κ3) is 4.57. The van der Waals surface area contributed by atoms with Crippen LogP contribution in [0.5, 0.6) is 0 Å². The minimum Gasteiger partial charge on any atom is -0.387 e. The maximum atomic E-state index is 7.43. The molecule has 0 aromatic heterocycles. The van der Waals surface area contributed by atoms with Crippen LogP contribution in [0.3, 0.4) is 0 Å². The molecule has 1 aromatic rings. The Morgan fingerprint density at radius 1 is 1.35 bits per heavy atom. The van der Waals surface area contributed by atoms with Gasteiger partial charge in [0.1, 0.15) is 0 Å². The molecule has 3 heteroatoms. The first-order valence-electron chi connectivity index (χ1n) is 6.14. The number of nitrogens with one attached hydrogen (secondary N) is 1. The molecule has 0 bridgehead atoms. The second-order valence-corrected chi connectivity index (χ2v) is 4.67. The van der Waals surface area contributed by atoms with Gasteiger partial charge in [-0.2, -0.15) is 0 Å². The smallest absolute Gasteiger partial charge is 0.0947 e. The molecule has 0 saturated carbocycles. The van der Waals surface area contributed by atoms with Gasteiger partial charge in [-0.1, -0.05) is 43.7 Å². The van der Waals surface area contributed by atoms with Crippen LogP contribution in [0.25, 0.3) is 0 Å². The first kappa shape index (κ1) is 13.7. The summed E-state index contributed by atoms with van der Waals surface area (Å²) in [4.78, 5) is 2.32. The van der Waals surface area contributed by atoms with Gasteiger partial charge in [-0.25, -0.2) is 0 Å². The van der Waals surface area contributed by atoms with Gasteiger partial charge in [0, 0.05) is 19.0 Å². The van der Waals surface area contributed by atoms with Crippen molar-refractivity contribution in [2.75, 3.05) is 13.1 Å². The Labute approximate surface area is 104 Å². The van der Waals surface area contributed by atoms with Gasteiger partial charge in [0.2, 0.25) is 0 Å². The summed E-state index contributed by atoms with van der Waals surface area (Å²) in [6.45, 7) is 8.99. The van der Waals surface area contributed by atoms with Gasteiger partial charge in [0.05, 0.1) is 5.84 Å². The highest BCUT2D eigenvalue weighted by molar-refractivity contribution is 5.79. The second-order valence-electron chi connectivity index (χ2n) is 4.67. The maximum absolute atomic E-state index is 7.43. The van der Waals surface area contributed by atoms with Crippen molar-refractivity contribution in [3.8, 4) is 0 Å². The fourth-order valence-corrected chi connectivity index (χ4v) is 1.74. The molecule has 0 aliphatic heterocycles. The van der Waals surface area contributed by atoms with Crippen LogP contribution in [0.1, 0.15) is 25.0 Å². The quantitative estimate of drug-likeness (QED) is 0.585. The van der Waals surface area contributed by atoms with Gasteiger partial charge in [0.25, 0.3) is 0 Å². The largest absolute Gasteiger partial charge is 0.387 e. The van der Waals surface area contributed by atoms with E-state index in [-0.39, 0.29) is 11.8 Å². The summed E-state index contributed by atoms with van der Waals surface area (Å²) < 4.78 is 0. The second kappa shape index (κ2) is 6.40. The molecule has 3 N–H and O–H groups in total. The van der Waals surface area contributed by atoms with Crippen molar-refractivity contribution in [2.24, 2.45) is 11.7 Å². The van der Waals surface area contributed by atoms with Gasteiger partial charge in [0.15, 0.2) is 0 Å². The third-order valence-corrected chi connectivity index (χ3v) is 3.04. The standard InChI is InChI=1S/C14H23N3/c1-4-17(9-12(3)14(15)16)10-13-7-5-11(2)6-8-13/h5-8,12H,4,9-10H2,1-3H3,(H3,15,16). The summed E-state index contributed by atoms with van der Waals surface area (Å²) in [6, 6.07) is 8.60. The Bertz CT molecular complexity index is 356. The van der Waals surface area contributed by atoms with E-state index in [1.807, 2.05) is 6.92 Å². The normalized spacial score (nSPS) is 12.7. The van der Waals surface area contributed by atoms with Gasteiger partial charge < -0.3 is 5.73 Å². The Hall–Kier alpha value is -1.35. The van der Waals surface area contributed by atoms with Gasteiger partial charge in [-0.3, -0.25) is 10.3 Å². The topological polar surface area (TPSA) is 53.1 Å². The predicted octanol–water partition coefficient (Wildman–Crippen LogP) is 2.39. The number of hydrogen-bond acceptors (Lipinski definition) is 2. The molecule has 0 radical (unpaired) electrons. The summed E-state index contributed by atoms with van der Waals surface area (Å²) in [5.41, 5.74) is 8.11. The molecule has 17 heavy (non-hydrogen) atoms. The van der Waals surface area contributed by atoms with Crippen LogP contribution in [0.15, 0.2) is 24.3 Å².